The zero-order valence-corrected chi connectivity index (χ0v) is 14.3. The maximum Gasteiger partial charge on any atom is 1.00 e. The van der Waals surface area contributed by atoms with Crippen LogP contribution in [-0.2, 0) is 11.3 Å². The molecule has 1 aromatic heterocycles. The van der Waals surface area contributed by atoms with Crippen molar-refractivity contribution < 1.29 is 44.2 Å². The summed E-state index contributed by atoms with van der Waals surface area (Å²) in [5.74, 6) is -0.130. The molecule has 4 nitrogen and oxygen atoms in total. The number of hydrogen-bond acceptors (Lipinski definition) is 3. The molecule has 0 aliphatic carbocycles. The monoisotopic (exact) mass is 283 g/mol. The van der Waals surface area contributed by atoms with Crippen molar-refractivity contribution in [3.63, 3.8) is 0 Å². The fourth-order valence-electron chi connectivity index (χ4n) is 2.32. The van der Waals surface area contributed by atoms with E-state index in [0.717, 1.165) is 22.3 Å². The molecule has 5 heteroatoms. The molecule has 0 atom stereocenters. The Morgan fingerprint density at radius 2 is 2.10 bits per heavy atom. The van der Waals surface area contributed by atoms with Crippen LogP contribution in [-0.4, -0.2) is 17.1 Å². The summed E-state index contributed by atoms with van der Waals surface area (Å²) in [6.45, 7) is 5.33. The van der Waals surface area contributed by atoms with Gasteiger partial charge in [-0.25, -0.2) is 0 Å². The minimum Gasteiger partial charge on any atom is -0.550 e. The number of carbonyl (C=O) groups is 1. The van der Waals surface area contributed by atoms with Crippen LogP contribution >= 0.6 is 0 Å². The van der Waals surface area contributed by atoms with Gasteiger partial charge in [0.05, 0.1) is 6.61 Å². The van der Waals surface area contributed by atoms with Crippen LogP contribution < -0.4 is 39.4 Å². The van der Waals surface area contributed by atoms with Crippen LogP contribution in [0.1, 0.15) is 25.5 Å². The van der Waals surface area contributed by atoms with E-state index < -0.39 is 5.97 Å². The average Bonchev–Trinajstić information content (AvgIpc) is 2.65. The molecule has 0 aliphatic heterocycles. The molecule has 1 aromatic carbocycles. The Morgan fingerprint density at radius 1 is 1.35 bits per heavy atom. The molecule has 102 valence electrons. The number of nitrogens with zero attached hydrogens (tertiary/aromatic N) is 1. The number of carboxylic acid groups (broad SMARTS) is 1. The molecule has 2 aromatic rings. The first kappa shape index (κ1) is 17.1. The van der Waals surface area contributed by atoms with Gasteiger partial charge in [-0.15, -0.1) is 0 Å². The number of aliphatic carboxylic acids is 1. The molecule has 20 heavy (non-hydrogen) atoms. The third-order valence-electron chi connectivity index (χ3n) is 3.15. The molecule has 0 N–H and O–H groups in total. The van der Waals surface area contributed by atoms with E-state index in [2.05, 4.69) is 10.6 Å². The Morgan fingerprint density at radius 3 is 2.75 bits per heavy atom. The molecule has 0 spiro atoms. The zero-order valence-electron chi connectivity index (χ0n) is 12.3. The second-order valence-electron chi connectivity index (χ2n) is 4.57. The number of benzene rings is 1. The maximum atomic E-state index is 10.5. The third kappa shape index (κ3) is 4.01. The quantitative estimate of drug-likeness (QED) is 0.631. The van der Waals surface area contributed by atoms with Crippen LogP contribution in [0.4, 0.5) is 0 Å². The summed E-state index contributed by atoms with van der Waals surface area (Å²) in [5, 5.41) is 11.6. The number of carbonyl (C=O) groups excluding carboxylic acids is 1. The number of ether oxygens (including phenoxy) is 1. The number of carboxylic acids is 1. The molecular formula is C15H18NNaO3. The summed E-state index contributed by atoms with van der Waals surface area (Å²) in [7, 11) is 0. The molecule has 0 aliphatic rings. The van der Waals surface area contributed by atoms with E-state index >= 15 is 0 Å². The predicted molar refractivity (Wildman–Crippen MR) is 72.1 cm³/mol. The molecule has 0 amide bonds. The summed E-state index contributed by atoms with van der Waals surface area (Å²) in [4.78, 5) is 10.5. The number of hydrogen-bond donors (Lipinski definition) is 0. The Balaban J connectivity index is 0.00000200. The minimum absolute atomic E-state index is 0. The van der Waals surface area contributed by atoms with Gasteiger partial charge >= 0.3 is 29.6 Å². The summed E-state index contributed by atoms with van der Waals surface area (Å²) in [6, 6.07) is 8.07. The SMILES string of the molecule is CCOc1ccc2c(c1)cc(C)n2CCCC(=O)[O-].[Na+]. The first-order valence-corrected chi connectivity index (χ1v) is 6.54. The number of rotatable bonds is 6. The first-order chi connectivity index (χ1) is 9.11. The van der Waals surface area contributed by atoms with Crippen molar-refractivity contribution >= 4 is 16.9 Å². The normalized spacial score (nSPS) is 10.3. The third-order valence-corrected chi connectivity index (χ3v) is 3.15. The smallest absolute Gasteiger partial charge is 0.550 e. The van der Waals surface area contributed by atoms with Crippen LogP contribution in [0.3, 0.4) is 0 Å². The van der Waals surface area contributed by atoms with Gasteiger partial charge < -0.3 is 19.2 Å². The van der Waals surface area contributed by atoms with Crippen molar-refractivity contribution in [2.45, 2.75) is 33.2 Å². The summed E-state index contributed by atoms with van der Waals surface area (Å²) in [5.41, 5.74) is 2.24. The first-order valence-electron chi connectivity index (χ1n) is 6.54. The van der Waals surface area contributed by atoms with Crippen molar-refractivity contribution in [2.75, 3.05) is 6.61 Å². The second kappa shape index (κ2) is 7.72. The number of aromatic nitrogens is 1. The van der Waals surface area contributed by atoms with Gasteiger partial charge in [0.25, 0.3) is 0 Å². The Bertz CT molecular complexity index is 592. The summed E-state index contributed by atoms with van der Waals surface area (Å²) in [6.07, 6.45) is 0.677. The van der Waals surface area contributed by atoms with Gasteiger partial charge in [0.1, 0.15) is 5.75 Å². The van der Waals surface area contributed by atoms with E-state index in [1.165, 1.54) is 0 Å². The number of aryl methyl sites for hydroxylation is 2. The Labute approximate surface area is 141 Å². The maximum absolute atomic E-state index is 10.5. The van der Waals surface area contributed by atoms with E-state index in [1.54, 1.807) is 0 Å². The van der Waals surface area contributed by atoms with Crippen molar-refractivity contribution in [1.29, 1.82) is 0 Å². The molecular weight excluding hydrogens is 265 g/mol. The fraction of sp³-hybridized carbons (Fsp3) is 0.400. The molecule has 0 unspecified atom stereocenters. The van der Waals surface area contributed by atoms with Gasteiger partial charge in [-0.2, -0.15) is 0 Å². The Hall–Kier alpha value is -0.970. The molecule has 1 heterocycles. The average molecular weight is 283 g/mol. The van der Waals surface area contributed by atoms with Crippen molar-refractivity contribution in [3.8, 4) is 5.75 Å². The summed E-state index contributed by atoms with van der Waals surface area (Å²) < 4.78 is 7.61. The second-order valence-corrected chi connectivity index (χ2v) is 4.57. The molecule has 2 rings (SSSR count). The van der Waals surface area contributed by atoms with E-state index in [4.69, 9.17) is 4.74 Å². The van der Waals surface area contributed by atoms with Crippen LogP contribution in [0.25, 0.3) is 10.9 Å². The van der Waals surface area contributed by atoms with E-state index in [-0.39, 0.29) is 36.0 Å². The van der Waals surface area contributed by atoms with Gasteiger partial charge in [-0.05, 0) is 51.0 Å². The van der Waals surface area contributed by atoms with Crippen LogP contribution in [0.2, 0.25) is 0 Å². The largest absolute Gasteiger partial charge is 1.00 e. The van der Waals surface area contributed by atoms with Crippen molar-refractivity contribution in [2.24, 2.45) is 0 Å². The standard InChI is InChI=1S/C15H19NO3.Na/c1-3-19-13-6-7-14-12(10-13)9-11(2)16(14)8-4-5-15(17)18;/h6-7,9-10H,3-5,8H2,1-2H3,(H,17,18);/q;+1/p-1. The van der Waals surface area contributed by atoms with Crippen molar-refractivity contribution in [3.05, 3.63) is 30.0 Å². The zero-order chi connectivity index (χ0) is 13.8. The molecule has 0 fully saturated rings. The van der Waals surface area contributed by atoms with Gasteiger partial charge in [0, 0.05) is 29.1 Å². The van der Waals surface area contributed by atoms with Crippen LogP contribution in [0, 0.1) is 6.92 Å². The van der Waals surface area contributed by atoms with Crippen molar-refractivity contribution in [1.82, 2.24) is 4.57 Å². The van der Waals surface area contributed by atoms with Crippen LogP contribution in [0.15, 0.2) is 24.3 Å². The topological polar surface area (TPSA) is 54.3 Å². The van der Waals surface area contributed by atoms with E-state index in [1.807, 2.05) is 32.0 Å². The van der Waals surface area contributed by atoms with Gasteiger partial charge in [-0.3, -0.25) is 0 Å². The van der Waals surface area contributed by atoms with Gasteiger partial charge in [0.15, 0.2) is 0 Å². The summed E-state index contributed by atoms with van der Waals surface area (Å²) >= 11 is 0. The van der Waals surface area contributed by atoms with E-state index in [0.29, 0.717) is 19.6 Å². The van der Waals surface area contributed by atoms with Gasteiger partial charge in [-0.1, -0.05) is 0 Å². The Kier molecular flexibility index (Phi) is 6.59. The molecule has 0 saturated heterocycles. The van der Waals surface area contributed by atoms with Gasteiger partial charge in [0.2, 0.25) is 0 Å². The van der Waals surface area contributed by atoms with E-state index in [9.17, 15) is 9.90 Å². The molecule has 0 saturated carbocycles. The fourth-order valence-corrected chi connectivity index (χ4v) is 2.32. The predicted octanol–water partition coefficient (Wildman–Crippen LogP) is -1.12. The number of fused-ring (bicyclic) bond motifs is 1. The minimum atomic E-state index is -0.993. The molecule has 0 radical (unpaired) electrons. The molecule has 0 bridgehead atoms. The van der Waals surface area contributed by atoms with Crippen LogP contribution in [0.5, 0.6) is 5.75 Å².